The van der Waals surface area contributed by atoms with Crippen molar-refractivity contribution in [2.75, 3.05) is 6.54 Å². The average molecular weight is 143 g/mol. The fourth-order valence-corrected chi connectivity index (χ4v) is 0.617. The highest BCUT2D eigenvalue weighted by molar-refractivity contribution is 5.72. The Balaban J connectivity index is 2.90. The molecule has 0 atom stereocenters. The molecule has 1 amide bonds. The number of hydrogen-bond acceptors (Lipinski definition) is 2. The van der Waals surface area contributed by atoms with Crippen molar-refractivity contribution >= 4 is 12.2 Å². The van der Waals surface area contributed by atoms with Crippen molar-refractivity contribution in [1.29, 1.82) is 0 Å². The Morgan fingerprint density at radius 3 is 2.70 bits per heavy atom. The predicted octanol–water partition coefficient (Wildman–Crippen LogP) is 0.492. The van der Waals surface area contributed by atoms with Crippen LogP contribution in [0, 0.1) is 0 Å². The number of carbonyl (C=O) groups is 2. The highest BCUT2D eigenvalue weighted by Gasteiger charge is 1.89. The third-order valence-electron chi connectivity index (χ3n) is 1.12. The summed E-state index contributed by atoms with van der Waals surface area (Å²) in [6.07, 6.45) is 3.25. The fourth-order valence-electron chi connectivity index (χ4n) is 0.617. The van der Waals surface area contributed by atoms with Gasteiger partial charge in [-0.1, -0.05) is 0 Å². The average Bonchev–Trinajstić information content (AvgIpc) is 1.87. The van der Waals surface area contributed by atoms with Gasteiger partial charge >= 0.3 is 0 Å². The summed E-state index contributed by atoms with van der Waals surface area (Å²) in [5, 5.41) is 2.65. The molecule has 0 radical (unpaired) electrons. The minimum atomic E-state index is -0.00824. The molecule has 0 aliphatic carbocycles. The van der Waals surface area contributed by atoms with E-state index in [2.05, 4.69) is 5.32 Å². The Labute approximate surface area is 60.8 Å². The van der Waals surface area contributed by atoms with Crippen molar-refractivity contribution in [2.24, 2.45) is 0 Å². The molecule has 3 nitrogen and oxygen atoms in total. The zero-order chi connectivity index (χ0) is 7.82. The minimum absolute atomic E-state index is 0.00824. The standard InChI is InChI=1S/C7H13NO2/c1-7(10)8-5-3-2-4-6-9/h6H,2-5H2,1H3,(H,8,10). The Morgan fingerprint density at radius 1 is 1.50 bits per heavy atom. The summed E-state index contributed by atoms with van der Waals surface area (Å²) in [6, 6.07) is 0. The molecule has 0 aliphatic rings. The van der Waals surface area contributed by atoms with E-state index in [0.717, 1.165) is 19.1 Å². The van der Waals surface area contributed by atoms with Gasteiger partial charge < -0.3 is 10.1 Å². The van der Waals surface area contributed by atoms with Gasteiger partial charge in [-0.25, -0.2) is 0 Å². The summed E-state index contributed by atoms with van der Waals surface area (Å²) in [4.78, 5) is 20.1. The van der Waals surface area contributed by atoms with E-state index in [-0.39, 0.29) is 5.91 Å². The monoisotopic (exact) mass is 143 g/mol. The van der Waals surface area contributed by atoms with Crippen molar-refractivity contribution in [1.82, 2.24) is 5.32 Å². The van der Waals surface area contributed by atoms with Gasteiger partial charge in [-0.3, -0.25) is 4.79 Å². The molecule has 0 saturated heterocycles. The summed E-state index contributed by atoms with van der Waals surface area (Å²) in [5.74, 6) is -0.00824. The largest absolute Gasteiger partial charge is 0.356 e. The van der Waals surface area contributed by atoms with Crippen molar-refractivity contribution in [3.05, 3.63) is 0 Å². The molecule has 0 spiro atoms. The second kappa shape index (κ2) is 6.26. The molecule has 0 aromatic heterocycles. The molecule has 0 saturated carbocycles. The first kappa shape index (κ1) is 9.14. The van der Waals surface area contributed by atoms with E-state index >= 15 is 0 Å². The van der Waals surface area contributed by atoms with Gasteiger partial charge in [-0.2, -0.15) is 0 Å². The van der Waals surface area contributed by atoms with Crippen LogP contribution in [0.3, 0.4) is 0 Å². The van der Waals surface area contributed by atoms with Gasteiger partial charge in [-0.05, 0) is 12.8 Å². The quantitative estimate of drug-likeness (QED) is 0.449. The molecule has 0 heterocycles. The molecule has 0 aromatic rings. The van der Waals surface area contributed by atoms with E-state index in [1.807, 2.05) is 0 Å². The van der Waals surface area contributed by atoms with Crippen LogP contribution in [0.5, 0.6) is 0 Å². The second-order valence-corrected chi connectivity index (χ2v) is 2.15. The maximum atomic E-state index is 10.3. The number of hydrogen-bond donors (Lipinski definition) is 1. The molecule has 1 N–H and O–H groups in total. The van der Waals surface area contributed by atoms with Crippen molar-refractivity contribution in [3.8, 4) is 0 Å². The molecule has 0 aliphatic heterocycles. The summed E-state index contributed by atoms with van der Waals surface area (Å²) >= 11 is 0. The third kappa shape index (κ3) is 7.14. The lowest BCUT2D eigenvalue weighted by atomic mass is 10.2. The molecule has 0 rings (SSSR count). The highest BCUT2D eigenvalue weighted by Crippen LogP contribution is 1.89. The van der Waals surface area contributed by atoms with Crippen LogP contribution >= 0.6 is 0 Å². The Morgan fingerprint density at radius 2 is 2.20 bits per heavy atom. The summed E-state index contributed by atoms with van der Waals surface area (Å²) in [7, 11) is 0. The van der Waals surface area contributed by atoms with E-state index in [4.69, 9.17) is 0 Å². The second-order valence-electron chi connectivity index (χ2n) is 2.15. The smallest absolute Gasteiger partial charge is 0.216 e. The maximum absolute atomic E-state index is 10.3. The van der Waals surface area contributed by atoms with Gasteiger partial charge in [-0.15, -0.1) is 0 Å². The van der Waals surface area contributed by atoms with Gasteiger partial charge in [0.1, 0.15) is 6.29 Å². The Hall–Kier alpha value is -0.860. The van der Waals surface area contributed by atoms with Crippen LogP contribution in [0.15, 0.2) is 0 Å². The minimum Gasteiger partial charge on any atom is -0.356 e. The molecular formula is C7H13NO2. The first-order valence-corrected chi connectivity index (χ1v) is 3.45. The van der Waals surface area contributed by atoms with Crippen molar-refractivity contribution < 1.29 is 9.59 Å². The number of amides is 1. The van der Waals surface area contributed by atoms with E-state index in [1.165, 1.54) is 6.92 Å². The van der Waals surface area contributed by atoms with Gasteiger partial charge in [0.25, 0.3) is 0 Å². The summed E-state index contributed by atoms with van der Waals surface area (Å²) in [6.45, 7) is 2.17. The van der Waals surface area contributed by atoms with E-state index < -0.39 is 0 Å². The van der Waals surface area contributed by atoms with Crippen LogP contribution < -0.4 is 5.32 Å². The summed E-state index contributed by atoms with van der Waals surface area (Å²) in [5.41, 5.74) is 0. The number of nitrogens with one attached hydrogen (secondary N) is 1. The van der Waals surface area contributed by atoms with Gasteiger partial charge in [0.2, 0.25) is 5.91 Å². The van der Waals surface area contributed by atoms with Crippen LogP contribution in [0.1, 0.15) is 26.2 Å². The zero-order valence-corrected chi connectivity index (χ0v) is 6.22. The first-order chi connectivity index (χ1) is 4.77. The van der Waals surface area contributed by atoms with E-state index in [9.17, 15) is 9.59 Å². The third-order valence-corrected chi connectivity index (χ3v) is 1.12. The lowest BCUT2D eigenvalue weighted by Crippen LogP contribution is -2.20. The van der Waals surface area contributed by atoms with Gasteiger partial charge in [0.05, 0.1) is 0 Å². The van der Waals surface area contributed by atoms with Crippen LogP contribution in [-0.2, 0) is 9.59 Å². The lowest BCUT2D eigenvalue weighted by Gasteiger charge is -1.98. The molecule has 0 bridgehead atoms. The number of unbranched alkanes of at least 4 members (excludes halogenated alkanes) is 2. The Bertz CT molecular complexity index is 112. The molecule has 0 aromatic carbocycles. The van der Waals surface area contributed by atoms with E-state index in [0.29, 0.717) is 13.0 Å². The van der Waals surface area contributed by atoms with Gasteiger partial charge in [0, 0.05) is 19.9 Å². The topological polar surface area (TPSA) is 46.2 Å². The van der Waals surface area contributed by atoms with Crippen LogP contribution in [0.25, 0.3) is 0 Å². The first-order valence-electron chi connectivity index (χ1n) is 3.45. The molecule has 3 heteroatoms. The van der Waals surface area contributed by atoms with Crippen molar-refractivity contribution in [2.45, 2.75) is 26.2 Å². The lowest BCUT2D eigenvalue weighted by molar-refractivity contribution is -0.118. The summed E-state index contributed by atoms with van der Waals surface area (Å²) < 4.78 is 0. The van der Waals surface area contributed by atoms with Crippen LogP contribution in [0.4, 0.5) is 0 Å². The normalized spacial score (nSPS) is 8.90. The van der Waals surface area contributed by atoms with E-state index in [1.54, 1.807) is 0 Å². The SMILES string of the molecule is CC(=O)NCCCCC=O. The fraction of sp³-hybridized carbons (Fsp3) is 0.714. The molecule has 0 fully saturated rings. The molecule has 0 unspecified atom stereocenters. The molecule has 10 heavy (non-hydrogen) atoms. The number of rotatable bonds is 5. The number of carbonyl (C=O) groups excluding carboxylic acids is 2. The molecular weight excluding hydrogens is 130 g/mol. The number of aldehydes is 1. The van der Waals surface area contributed by atoms with Gasteiger partial charge in [0.15, 0.2) is 0 Å². The van der Waals surface area contributed by atoms with Crippen LogP contribution in [0.2, 0.25) is 0 Å². The Kier molecular flexibility index (Phi) is 5.72. The predicted molar refractivity (Wildman–Crippen MR) is 38.6 cm³/mol. The molecule has 58 valence electrons. The maximum Gasteiger partial charge on any atom is 0.216 e. The zero-order valence-electron chi connectivity index (χ0n) is 6.22. The van der Waals surface area contributed by atoms with Crippen molar-refractivity contribution in [3.63, 3.8) is 0 Å². The van der Waals surface area contributed by atoms with Crippen LogP contribution in [-0.4, -0.2) is 18.7 Å². The highest BCUT2D eigenvalue weighted by atomic mass is 16.1.